The number of aromatic nitrogens is 2. The SMILES string of the molecule is CC.Cc1ccccc1-n1nc(C(=O)NC(C)c2ccc(Br)cc2)c(CC#N)c1-c1ccc(Cl)cc1. The molecule has 1 aromatic heterocycles. The molecule has 0 aliphatic rings. The highest BCUT2D eigenvalue weighted by molar-refractivity contribution is 9.10. The van der Waals surface area contributed by atoms with Crippen molar-refractivity contribution < 1.29 is 4.79 Å². The van der Waals surface area contributed by atoms with E-state index in [1.807, 2.05) is 88.4 Å². The molecule has 0 saturated heterocycles. The Balaban J connectivity index is 0.00000176. The zero-order valence-electron chi connectivity index (χ0n) is 20.7. The van der Waals surface area contributed by atoms with Gasteiger partial charge < -0.3 is 5.32 Å². The third-order valence-electron chi connectivity index (χ3n) is 5.63. The molecule has 1 heterocycles. The fourth-order valence-electron chi connectivity index (χ4n) is 3.86. The van der Waals surface area contributed by atoms with Gasteiger partial charge in [-0.15, -0.1) is 0 Å². The third kappa shape index (κ3) is 6.04. The van der Waals surface area contributed by atoms with Gasteiger partial charge in [0.2, 0.25) is 0 Å². The summed E-state index contributed by atoms with van der Waals surface area (Å²) in [4.78, 5) is 13.4. The van der Waals surface area contributed by atoms with Crippen LogP contribution in [0.5, 0.6) is 0 Å². The third-order valence-corrected chi connectivity index (χ3v) is 6.41. The summed E-state index contributed by atoms with van der Waals surface area (Å²) in [6, 6.07) is 24.9. The maximum atomic E-state index is 13.4. The van der Waals surface area contributed by atoms with Crippen LogP contribution in [0.25, 0.3) is 16.9 Å². The molecule has 7 heteroatoms. The zero-order chi connectivity index (χ0) is 26.2. The van der Waals surface area contributed by atoms with Gasteiger partial charge in [-0.25, -0.2) is 4.68 Å². The van der Waals surface area contributed by atoms with Gasteiger partial charge in [0.15, 0.2) is 5.69 Å². The van der Waals surface area contributed by atoms with Crippen molar-refractivity contribution in [2.24, 2.45) is 0 Å². The number of carbonyl (C=O) groups is 1. The van der Waals surface area contributed by atoms with Gasteiger partial charge in [-0.2, -0.15) is 10.4 Å². The Morgan fingerprint density at radius 1 is 1.08 bits per heavy atom. The Hall–Kier alpha value is -3.40. The van der Waals surface area contributed by atoms with Crippen molar-refractivity contribution in [3.8, 4) is 23.0 Å². The van der Waals surface area contributed by atoms with Crippen LogP contribution in [0.15, 0.2) is 77.3 Å². The smallest absolute Gasteiger partial charge is 0.272 e. The Labute approximate surface area is 225 Å². The summed E-state index contributed by atoms with van der Waals surface area (Å²) in [5.74, 6) is -0.330. The van der Waals surface area contributed by atoms with Crippen molar-refractivity contribution in [2.75, 3.05) is 0 Å². The number of para-hydroxylation sites is 1. The normalized spacial score (nSPS) is 11.1. The topological polar surface area (TPSA) is 70.7 Å². The van der Waals surface area contributed by atoms with E-state index in [1.54, 1.807) is 16.8 Å². The largest absolute Gasteiger partial charge is 0.344 e. The van der Waals surface area contributed by atoms with Gasteiger partial charge in [0.1, 0.15) is 0 Å². The molecule has 0 fully saturated rings. The first-order valence-electron chi connectivity index (χ1n) is 11.8. The molecule has 0 saturated carbocycles. The summed E-state index contributed by atoms with van der Waals surface area (Å²) in [7, 11) is 0. The number of hydrogen-bond acceptors (Lipinski definition) is 3. The minimum absolute atomic E-state index is 0.0409. The Morgan fingerprint density at radius 2 is 1.72 bits per heavy atom. The number of rotatable bonds is 6. The second kappa shape index (κ2) is 12.5. The highest BCUT2D eigenvalue weighted by Gasteiger charge is 2.26. The monoisotopic (exact) mass is 562 g/mol. The lowest BCUT2D eigenvalue weighted by atomic mass is 10.0. The average Bonchev–Trinajstić information content (AvgIpc) is 3.25. The lowest BCUT2D eigenvalue weighted by Gasteiger charge is -2.14. The van der Waals surface area contributed by atoms with E-state index in [0.717, 1.165) is 26.9 Å². The van der Waals surface area contributed by atoms with Gasteiger partial charge >= 0.3 is 0 Å². The molecule has 3 aromatic carbocycles. The predicted molar refractivity (Wildman–Crippen MR) is 149 cm³/mol. The second-order valence-electron chi connectivity index (χ2n) is 7.96. The van der Waals surface area contributed by atoms with Crippen molar-refractivity contribution in [3.05, 3.63) is 105 Å². The van der Waals surface area contributed by atoms with Crippen LogP contribution < -0.4 is 5.32 Å². The van der Waals surface area contributed by atoms with Gasteiger partial charge in [0.25, 0.3) is 5.91 Å². The van der Waals surface area contributed by atoms with Crippen LogP contribution in [0.4, 0.5) is 0 Å². The molecule has 1 amide bonds. The number of carbonyl (C=O) groups excluding carboxylic acids is 1. The summed E-state index contributed by atoms with van der Waals surface area (Å²) in [5.41, 5.74) is 5.15. The van der Waals surface area contributed by atoms with Crippen molar-refractivity contribution >= 4 is 33.4 Å². The van der Waals surface area contributed by atoms with Crippen LogP contribution in [0.2, 0.25) is 5.02 Å². The molecule has 0 bridgehead atoms. The highest BCUT2D eigenvalue weighted by Crippen LogP contribution is 2.32. The van der Waals surface area contributed by atoms with Crippen molar-refractivity contribution in [3.63, 3.8) is 0 Å². The van der Waals surface area contributed by atoms with Gasteiger partial charge in [-0.3, -0.25) is 4.79 Å². The first kappa shape index (κ1) is 27.2. The van der Waals surface area contributed by atoms with Crippen LogP contribution in [-0.2, 0) is 6.42 Å². The zero-order valence-corrected chi connectivity index (χ0v) is 23.1. The first-order valence-corrected chi connectivity index (χ1v) is 12.9. The van der Waals surface area contributed by atoms with Gasteiger partial charge in [-0.1, -0.05) is 83.8 Å². The van der Waals surface area contributed by atoms with E-state index in [1.165, 1.54) is 0 Å². The van der Waals surface area contributed by atoms with E-state index >= 15 is 0 Å². The summed E-state index contributed by atoms with van der Waals surface area (Å²) >= 11 is 9.56. The van der Waals surface area contributed by atoms with Crippen LogP contribution in [0.1, 0.15) is 54.0 Å². The van der Waals surface area contributed by atoms with Gasteiger partial charge in [-0.05, 0) is 55.3 Å². The van der Waals surface area contributed by atoms with Crippen molar-refractivity contribution in [1.82, 2.24) is 15.1 Å². The molecular formula is C29H28BrClN4O. The maximum absolute atomic E-state index is 13.4. The van der Waals surface area contributed by atoms with Crippen molar-refractivity contribution in [2.45, 2.75) is 40.2 Å². The molecule has 36 heavy (non-hydrogen) atoms. The number of hydrogen-bond donors (Lipinski definition) is 1. The van der Waals surface area contributed by atoms with E-state index in [0.29, 0.717) is 16.3 Å². The number of nitrogens with zero attached hydrogens (tertiary/aromatic N) is 3. The number of amides is 1. The minimum atomic E-state index is -0.330. The molecule has 4 aromatic rings. The molecule has 1 N–H and O–H groups in total. The Kier molecular flexibility index (Phi) is 9.46. The standard InChI is InChI=1S/C27H22BrClN4O.C2H6/c1-17-5-3-4-6-24(17)33-26(20-9-13-22(29)14-10-20)23(15-16-30)25(32-33)27(34)31-18(2)19-7-11-21(28)12-8-19;1-2/h3-14,18H,15H2,1-2H3,(H,31,34);1-2H3. The highest BCUT2D eigenvalue weighted by atomic mass is 79.9. The molecule has 0 spiro atoms. The van der Waals surface area contributed by atoms with Gasteiger partial charge in [0.05, 0.1) is 29.9 Å². The molecule has 5 nitrogen and oxygen atoms in total. The van der Waals surface area contributed by atoms with E-state index in [2.05, 4.69) is 27.3 Å². The van der Waals surface area contributed by atoms with E-state index < -0.39 is 0 Å². The summed E-state index contributed by atoms with van der Waals surface area (Å²) < 4.78 is 2.72. The number of nitrogens with one attached hydrogen (secondary N) is 1. The van der Waals surface area contributed by atoms with Crippen LogP contribution in [0.3, 0.4) is 0 Å². The lowest BCUT2D eigenvalue weighted by Crippen LogP contribution is -2.28. The second-order valence-corrected chi connectivity index (χ2v) is 9.31. The fourth-order valence-corrected chi connectivity index (χ4v) is 4.25. The number of nitriles is 1. The summed E-state index contributed by atoms with van der Waals surface area (Å²) in [6.07, 6.45) is 0.0409. The predicted octanol–water partition coefficient (Wildman–Crippen LogP) is 7.85. The Bertz CT molecular complexity index is 1370. The average molecular weight is 564 g/mol. The molecule has 0 aliphatic heterocycles. The van der Waals surface area contributed by atoms with E-state index in [-0.39, 0.29) is 24.1 Å². The Morgan fingerprint density at radius 3 is 2.33 bits per heavy atom. The quantitative estimate of drug-likeness (QED) is 0.260. The molecule has 0 aliphatic carbocycles. The molecule has 184 valence electrons. The van der Waals surface area contributed by atoms with Crippen LogP contribution in [-0.4, -0.2) is 15.7 Å². The fraction of sp³-hybridized carbons (Fsp3) is 0.207. The van der Waals surface area contributed by atoms with Crippen LogP contribution in [0, 0.1) is 18.3 Å². The summed E-state index contributed by atoms with van der Waals surface area (Å²) in [5, 5.41) is 18.0. The number of halogens is 2. The number of benzene rings is 3. The molecular weight excluding hydrogens is 536 g/mol. The van der Waals surface area contributed by atoms with Gasteiger partial charge in [0, 0.05) is 20.6 Å². The van der Waals surface area contributed by atoms with E-state index in [9.17, 15) is 10.1 Å². The van der Waals surface area contributed by atoms with Crippen molar-refractivity contribution in [1.29, 1.82) is 5.26 Å². The molecule has 0 radical (unpaired) electrons. The maximum Gasteiger partial charge on any atom is 0.272 e. The molecule has 1 atom stereocenters. The number of aryl methyl sites for hydroxylation is 1. The first-order chi connectivity index (χ1) is 17.4. The van der Waals surface area contributed by atoms with Crippen LogP contribution >= 0.6 is 27.5 Å². The minimum Gasteiger partial charge on any atom is -0.344 e. The lowest BCUT2D eigenvalue weighted by molar-refractivity contribution is 0.0933. The molecule has 1 unspecified atom stereocenters. The molecule has 4 rings (SSSR count). The van der Waals surface area contributed by atoms with E-state index in [4.69, 9.17) is 16.7 Å². The summed E-state index contributed by atoms with van der Waals surface area (Å²) in [6.45, 7) is 7.91.